The molecule has 0 aliphatic rings. The smallest absolute Gasteiger partial charge is 0.333 e. The quantitative estimate of drug-likeness (QED) is 0.221. The molecule has 1 amide bonds. The first-order chi connectivity index (χ1) is 13.0. The zero-order chi connectivity index (χ0) is 21.9. The van der Waals surface area contributed by atoms with Crippen molar-refractivity contribution >= 4 is 29.6 Å². The Morgan fingerprint density at radius 3 is 1.86 bits per heavy atom. The molecule has 0 heterocycles. The van der Waals surface area contributed by atoms with Gasteiger partial charge in [-0.3, -0.25) is 14.4 Å². The Morgan fingerprint density at radius 1 is 0.893 bits per heavy atom. The maximum absolute atomic E-state index is 12.3. The molecule has 0 fully saturated rings. The van der Waals surface area contributed by atoms with Crippen LogP contribution in [0.3, 0.4) is 0 Å². The summed E-state index contributed by atoms with van der Waals surface area (Å²) >= 11 is 0. The Hall–Kier alpha value is -2.71. The molecule has 0 radical (unpaired) electrons. The van der Waals surface area contributed by atoms with Gasteiger partial charge in [0.15, 0.2) is 0 Å². The summed E-state index contributed by atoms with van der Waals surface area (Å²) in [5.74, 6) is -3.97. The van der Waals surface area contributed by atoms with Gasteiger partial charge < -0.3 is 19.1 Å². The van der Waals surface area contributed by atoms with E-state index in [1.54, 1.807) is 27.7 Å². The summed E-state index contributed by atoms with van der Waals surface area (Å²) in [7, 11) is 0. The lowest BCUT2D eigenvalue weighted by atomic mass is 9.88. The molecule has 9 heteroatoms. The van der Waals surface area contributed by atoms with E-state index in [4.69, 9.17) is 4.74 Å². The predicted octanol–water partition coefficient (Wildman–Crippen LogP) is 1.25. The standard InChI is InChI=1S/C19H29NO8/c1-7-20(8-2)17(24)16(23)19(5,6)11-26-14(21)9-10-15(22)27-12-28-18(25)13(3)4/h9-10,13H,7-8,11-12H2,1-6H3/b10-9+. The molecular weight excluding hydrogens is 370 g/mol. The van der Waals surface area contributed by atoms with Crippen molar-refractivity contribution in [3.63, 3.8) is 0 Å². The van der Waals surface area contributed by atoms with Crippen LogP contribution >= 0.6 is 0 Å². The normalized spacial score (nSPS) is 11.2. The molecule has 0 aromatic carbocycles. The molecule has 158 valence electrons. The van der Waals surface area contributed by atoms with Gasteiger partial charge in [0.2, 0.25) is 12.6 Å². The molecule has 0 aliphatic carbocycles. The predicted molar refractivity (Wildman–Crippen MR) is 98.7 cm³/mol. The minimum absolute atomic E-state index is 0.330. The summed E-state index contributed by atoms with van der Waals surface area (Å²) in [6, 6.07) is 0. The van der Waals surface area contributed by atoms with Crippen LogP contribution in [0.25, 0.3) is 0 Å². The molecule has 0 atom stereocenters. The van der Waals surface area contributed by atoms with Gasteiger partial charge >= 0.3 is 17.9 Å². The lowest BCUT2D eigenvalue weighted by molar-refractivity contribution is -0.166. The Bertz CT molecular complexity index is 617. The summed E-state index contributed by atoms with van der Waals surface area (Å²) in [5.41, 5.74) is -1.21. The zero-order valence-corrected chi connectivity index (χ0v) is 17.3. The van der Waals surface area contributed by atoms with Crippen LogP contribution in [-0.2, 0) is 38.2 Å². The highest BCUT2D eigenvalue weighted by molar-refractivity contribution is 6.38. The van der Waals surface area contributed by atoms with Crippen molar-refractivity contribution in [2.45, 2.75) is 41.5 Å². The number of ether oxygens (including phenoxy) is 3. The van der Waals surface area contributed by atoms with Crippen molar-refractivity contribution < 1.29 is 38.2 Å². The van der Waals surface area contributed by atoms with Crippen LogP contribution < -0.4 is 0 Å². The Morgan fingerprint density at radius 2 is 1.39 bits per heavy atom. The van der Waals surface area contributed by atoms with Crippen LogP contribution in [0.15, 0.2) is 12.2 Å². The molecule has 0 saturated heterocycles. The monoisotopic (exact) mass is 399 g/mol. The van der Waals surface area contributed by atoms with Crippen molar-refractivity contribution in [3.05, 3.63) is 12.2 Å². The fourth-order valence-corrected chi connectivity index (χ4v) is 1.81. The lowest BCUT2D eigenvalue weighted by Gasteiger charge is -2.25. The van der Waals surface area contributed by atoms with Gasteiger partial charge in [0.25, 0.3) is 5.91 Å². The molecule has 0 N–H and O–H groups in total. The number of likely N-dealkylation sites (N-methyl/N-ethyl adjacent to an activating group) is 1. The molecular formula is C19H29NO8. The van der Waals surface area contributed by atoms with Crippen molar-refractivity contribution in [1.29, 1.82) is 0 Å². The van der Waals surface area contributed by atoms with E-state index in [1.807, 2.05) is 0 Å². The number of carbonyl (C=O) groups is 5. The summed E-state index contributed by atoms with van der Waals surface area (Å²) < 4.78 is 14.2. The first-order valence-electron chi connectivity index (χ1n) is 8.98. The first-order valence-corrected chi connectivity index (χ1v) is 8.98. The molecule has 0 aromatic heterocycles. The number of hydrogen-bond acceptors (Lipinski definition) is 8. The molecule has 0 aromatic rings. The van der Waals surface area contributed by atoms with E-state index in [0.717, 1.165) is 12.2 Å². The van der Waals surface area contributed by atoms with Crippen molar-refractivity contribution in [1.82, 2.24) is 4.90 Å². The maximum atomic E-state index is 12.3. The van der Waals surface area contributed by atoms with Gasteiger partial charge in [-0.1, -0.05) is 13.8 Å². The summed E-state index contributed by atoms with van der Waals surface area (Å²) in [5, 5.41) is 0. The number of ketones is 1. The average Bonchev–Trinajstić information content (AvgIpc) is 2.64. The SMILES string of the molecule is CCN(CC)C(=O)C(=O)C(C)(C)COC(=O)/C=C/C(=O)OCOC(=O)C(C)C. The average molecular weight is 399 g/mol. The Kier molecular flexibility index (Phi) is 10.7. The van der Waals surface area contributed by atoms with Crippen LogP contribution in [0, 0.1) is 11.3 Å². The number of esters is 3. The van der Waals surface area contributed by atoms with E-state index in [0.29, 0.717) is 13.1 Å². The molecule has 0 unspecified atom stereocenters. The fourth-order valence-electron chi connectivity index (χ4n) is 1.81. The van der Waals surface area contributed by atoms with E-state index in [-0.39, 0.29) is 12.5 Å². The third kappa shape index (κ3) is 8.79. The zero-order valence-electron chi connectivity index (χ0n) is 17.3. The topological polar surface area (TPSA) is 116 Å². The Labute approximate surface area is 165 Å². The summed E-state index contributed by atoms with van der Waals surface area (Å²) in [4.78, 5) is 60.1. The fraction of sp³-hybridized carbons (Fsp3) is 0.632. The molecule has 0 saturated carbocycles. The third-order valence-electron chi connectivity index (χ3n) is 3.66. The number of nitrogens with zero attached hydrogens (tertiary/aromatic N) is 1. The van der Waals surface area contributed by atoms with Gasteiger partial charge in [-0.2, -0.15) is 0 Å². The largest absolute Gasteiger partial charge is 0.461 e. The molecule has 28 heavy (non-hydrogen) atoms. The van der Waals surface area contributed by atoms with Crippen molar-refractivity contribution in [2.75, 3.05) is 26.5 Å². The van der Waals surface area contributed by atoms with E-state index < -0.39 is 41.8 Å². The second-order valence-electron chi connectivity index (χ2n) is 6.83. The van der Waals surface area contributed by atoms with Crippen LogP contribution in [-0.4, -0.2) is 61.0 Å². The second kappa shape index (κ2) is 11.9. The maximum Gasteiger partial charge on any atom is 0.333 e. The van der Waals surface area contributed by atoms with Crippen molar-refractivity contribution in [2.24, 2.45) is 11.3 Å². The second-order valence-corrected chi connectivity index (χ2v) is 6.83. The number of carbonyl (C=O) groups excluding carboxylic acids is 5. The minimum Gasteiger partial charge on any atom is -0.461 e. The van der Waals surface area contributed by atoms with Gasteiger partial charge in [-0.05, 0) is 27.7 Å². The van der Waals surface area contributed by atoms with Gasteiger partial charge in [-0.15, -0.1) is 0 Å². The Balaban J connectivity index is 4.49. The van der Waals surface area contributed by atoms with E-state index in [2.05, 4.69) is 9.47 Å². The highest BCUT2D eigenvalue weighted by Gasteiger charge is 2.36. The molecule has 0 aliphatic heterocycles. The van der Waals surface area contributed by atoms with Crippen molar-refractivity contribution in [3.8, 4) is 0 Å². The van der Waals surface area contributed by atoms with Gasteiger partial charge in [0.1, 0.15) is 6.61 Å². The van der Waals surface area contributed by atoms with E-state index in [1.165, 1.54) is 18.7 Å². The molecule has 0 rings (SSSR count). The summed E-state index contributed by atoms with van der Waals surface area (Å²) in [6.07, 6.45) is 1.63. The minimum atomic E-state index is -1.21. The lowest BCUT2D eigenvalue weighted by Crippen LogP contribution is -2.44. The number of rotatable bonds is 11. The third-order valence-corrected chi connectivity index (χ3v) is 3.66. The van der Waals surface area contributed by atoms with Gasteiger partial charge in [0.05, 0.1) is 11.3 Å². The van der Waals surface area contributed by atoms with E-state index >= 15 is 0 Å². The first kappa shape index (κ1) is 25.3. The highest BCUT2D eigenvalue weighted by Crippen LogP contribution is 2.19. The summed E-state index contributed by atoms with van der Waals surface area (Å²) in [6.45, 7) is 9.65. The van der Waals surface area contributed by atoms with Crippen LogP contribution in [0.4, 0.5) is 0 Å². The van der Waals surface area contributed by atoms with Gasteiger partial charge in [0, 0.05) is 25.2 Å². The molecule has 9 nitrogen and oxygen atoms in total. The highest BCUT2D eigenvalue weighted by atomic mass is 16.7. The molecule has 0 spiro atoms. The molecule has 0 bridgehead atoms. The van der Waals surface area contributed by atoms with Gasteiger partial charge in [-0.25, -0.2) is 9.59 Å². The number of amides is 1. The van der Waals surface area contributed by atoms with Crippen LogP contribution in [0.5, 0.6) is 0 Å². The number of hydrogen-bond donors (Lipinski definition) is 0. The van der Waals surface area contributed by atoms with E-state index in [9.17, 15) is 24.0 Å². The van der Waals surface area contributed by atoms with Crippen LogP contribution in [0.1, 0.15) is 41.5 Å². The number of Topliss-reactive ketones (excluding diaryl/α,β-unsaturated/α-hetero) is 1. The van der Waals surface area contributed by atoms with Crippen LogP contribution in [0.2, 0.25) is 0 Å².